The number of hydrogen-bond acceptors (Lipinski definition) is 4. The number of aryl methyl sites for hydroxylation is 1. The fourth-order valence-electron chi connectivity index (χ4n) is 4.17. The minimum Gasteiger partial charge on any atom is -0.439 e. The van der Waals surface area contributed by atoms with E-state index >= 15 is 0 Å². The van der Waals surface area contributed by atoms with Crippen LogP contribution in [0.25, 0.3) is 0 Å². The molecule has 0 saturated carbocycles. The predicted octanol–water partition coefficient (Wildman–Crippen LogP) is 5.83. The number of nitrogens with zero attached hydrogens (tertiary/aromatic N) is 3. The van der Waals surface area contributed by atoms with Gasteiger partial charge in [0.1, 0.15) is 5.82 Å². The van der Waals surface area contributed by atoms with Gasteiger partial charge in [0, 0.05) is 13.0 Å². The molecule has 0 N–H and O–H groups in total. The third-order valence-corrected chi connectivity index (χ3v) is 7.58. The maximum Gasteiger partial charge on any atom is 0.410 e. The van der Waals surface area contributed by atoms with E-state index in [2.05, 4.69) is 0 Å². The molecule has 4 rings (SSSR count). The molecule has 9 heteroatoms. The largest absolute Gasteiger partial charge is 0.439 e. The van der Waals surface area contributed by atoms with Crippen molar-refractivity contribution in [3.8, 4) is 0 Å². The van der Waals surface area contributed by atoms with E-state index in [1.807, 2.05) is 67.6 Å². The number of amides is 1. The average molecular weight is 535 g/mol. The van der Waals surface area contributed by atoms with Gasteiger partial charge in [-0.25, -0.2) is 9.78 Å². The molecule has 184 valence electrons. The zero-order valence-corrected chi connectivity index (χ0v) is 21.9. The number of carbonyl (C=O) groups is 1. The Bertz CT molecular complexity index is 1230. The van der Waals surface area contributed by atoms with Gasteiger partial charge in [-0.1, -0.05) is 95.5 Å². The van der Waals surface area contributed by atoms with E-state index in [0.717, 1.165) is 11.1 Å². The first-order chi connectivity index (χ1) is 16.5. The van der Waals surface area contributed by atoms with Gasteiger partial charge in [-0.05, 0) is 31.9 Å². The fourth-order valence-corrected chi connectivity index (χ4v) is 4.29. The summed E-state index contributed by atoms with van der Waals surface area (Å²) in [5.74, 6) is 0.611. The highest BCUT2D eigenvalue weighted by atomic mass is 35.6. The van der Waals surface area contributed by atoms with Crippen LogP contribution in [0.2, 0.25) is 0 Å². The lowest BCUT2D eigenvalue weighted by Crippen LogP contribution is -2.48. The lowest BCUT2D eigenvalue weighted by Gasteiger charge is -2.35. The summed E-state index contributed by atoms with van der Waals surface area (Å²) in [6.45, 7) is 5.30. The minimum absolute atomic E-state index is 0.0620. The molecule has 2 aromatic carbocycles. The van der Waals surface area contributed by atoms with Crippen molar-refractivity contribution in [3.63, 3.8) is 0 Å². The van der Waals surface area contributed by atoms with Crippen molar-refractivity contribution in [1.29, 1.82) is 0 Å². The Morgan fingerprint density at radius 2 is 1.54 bits per heavy atom. The summed E-state index contributed by atoms with van der Waals surface area (Å²) in [4.78, 5) is 33.0. The van der Waals surface area contributed by atoms with Crippen molar-refractivity contribution in [2.75, 3.05) is 6.54 Å². The van der Waals surface area contributed by atoms with Gasteiger partial charge in [0.15, 0.2) is 5.60 Å². The van der Waals surface area contributed by atoms with Crippen molar-refractivity contribution in [1.82, 2.24) is 14.5 Å². The van der Waals surface area contributed by atoms with Crippen molar-refractivity contribution in [2.45, 2.75) is 49.2 Å². The molecule has 0 unspecified atom stereocenters. The molecule has 2 heterocycles. The lowest BCUT2D eigenvalue weighted by atomic mass is 9.97. The van der Waals surface area contributed by atoms with Crippen LogP contribution in [0.15, 0.2) is 65.5 Å². The second kappa shape index (κ2) is 9.84. The Hall–Kier alpha value is -2.54. The van der Waals surface area contributed by atoms with Gasteiger partial charge in [0.25, 0.3) is 5.56 Å². The van der Waals surface area contributed by atoms with Gasteiger partial charge in [0.05, 0.1) is 23.8 Å². The second-order valence-corrected chi connectivity index (χ2v) is 11.3. The number of rotatable bonds is 4. The first kappa shape index (κ1) is 25.5. The zero-order chi connectivity index (χ0) is 25.4. The molecule has 1 amide bonds. The van der Waals surface area contributed by atoms with E-state index in [0.29, 0.717) is 30.0 Å². The van der Waals surface area contributed by atoms with E-state index in [4.69, 9.17) is 44.5 Å². The van der Waals surface area contributed by atoms with Gasteiger partial charge in [-0.3, -0.25) is 9.36 Å². The molecule has 0 fully saturated rings. The molecule has 6 nitrogen and oxygen atoms in total. The average Bonchev–Trinajstić information content (AvgIpc) is 2.81. The Balaban J connectivity index is 1.74. The maximum atomic E-state index is 13.9. The lowest BCUT2D eigenvalue weighted by molar-refractivity contribution is 0.0132. The number of alkyl halides is 3. The highest BCUT2D eigenvalue weighted by Gasteiger charge is 2.45. The van der Waals surface area contributed by atoms with Crippen molar-refractivity contribution < 1.29 is 9.53 Å². The number of ether oxygens (including phenoxy) is 1. The summed E-state index contributed by atoms with van der Waals surface area (Å²) in [5, 5.41) is 0. The number of carbonyl (C=O) groups excluding carboxylic acids is 1. The maximum absolute atomic E-state index is 13.9. The molecule has 0 radical (unpaired) electrons. The highest BCUT2D eigenvalue weighted by Crippen LogP contribution is 2.40. The first-order valence-electron chi connectivity index (χ1n) is 11.2. The quantitative estimate of drug-likeness (QED) is 0.395. The Labute approximate surface area is 219 Å². The number of benzene rings is 2. The van der Waals surface area contributed by atoms with E-state index < -0.39 is 15.5 Å². The Kier molecular flexibility index (Phi) is 7.18. The molecule has 35 heavy (non-hydrogen) atoms. The van der Waals surface area contributed by atoms with Crippen molar-refractivity contribution in [2.24, 2.45) is 0 Å². The standard InChI is InChI=1S/C26H26Cl3N3O3/c1-17-30-21-14-15-31(24(34)35-25(2,3)26(27,28)29)16-20(21)23(33)32(17)22(18-10-6-4-7-11-18)19-12-8-5-9-13-19/h4-13,22H,14-16H2,1-3H3. The van der Waals surface area contributed by atoms with Gasteiger partial charge in [-0.15, -0.1) is 0 Å². The van der Waals surface area contributed by atoms with Crippen molar-refractivity contribution >= 4 is 40.9 Å². The molecule has 1 aliphatic heterocycles. The summed E-state index contributed by atoms with van der Waals surface area (Å²) in [5.41, 5.74) is 1.52. The topological polar surface area (TPSA) is 64.4 Å². The van der Waals surface area contributed by atoms with Crippen LogP contribution in [-0.4, -0.2) is 36.5 Å². The number of aromatic nitrogens is 2. The minimum atomic E-state index is -1.81. The number of halogens is 3. The highest BCUT2D eigenvalue weighted by molar-refractivity contribution is 6.68. The molecule has 1 aromatic heterocycles. The summed E-state index contributed by atoms with van der Waals surface area (Å²) in [6, 6.07) is 19.3. The summed E-state index contributed by atoms with van der Waals surface area (Å²) in [6.07, 6.45) is -0.224. The third-order valence-electron chi connectivity index (χ3n) is 6.21. The van der Waals surface area contributed by atoms with Crippen LogP contribution in [0, 0.1) is 6.92 Å². The normalized spacial score (nSPS) is 14.1. The molecular formula is C26H26Cl3N3O3. The first-order valence-corrected chi connectivity index (χ1v) is 12.4. The van der Waals surface area contributed by atoms with Crippen LogP contribution >= 0.6 is 34.8 Å². The molecule has 1 aliphatic rings. The Morgan fingerprint density at radius 1 is 1.00 bits per heavy atom. The van der Waals surface area contributed by atoms with Gasteiger partial charge in [-0.2, -0.15) is 0 Å². The van der Waals surface area contributed by atoms with Crippen LogP contribution in [0.3, 0.4) is 0 Å². The van der Waals surface area contributed by atoms with E-state index in [1.54, 1.807) is 4.57 Å². The summed E-state index contributed by atoms with van der Waals surface area (Å²) >= 11 is 17.9. The summed E-state index contributed by atoms with van der Waals surface area (Å²) < 4.78 is 5.39. The SMILES string of the molecule is Cc1nc2c(c(=O)n1C(c1ccccc1)c1ccccc1)CN(C(=O)OC(C)(C)C(Cl)(Cl)Cl)CC2. The second-order valence-electron chi connectivity index (χ2n) is 9.03. The van der Waals surface area contributed by atoms with E-state index in [1.165, 1.54) is 18.7 Å². The molecular weight excluding hydrogens is 509 g/mol. The zero-order valence-electron chi connectivity index (χ0n) is 19.7. The van der Waals surface area contributed by atoms with Crippen LogP contribution in [0.1, 0.15) is 48.1 Å². The molecule has 0 aliphatic carbocycles. The number of fused-ring (bicyclic) bond motifs is 1. The monoisotopic (exact) mass is 533 g/mol. The van der Waals surface area contributed by atoms with E-state index in [-0.39, 0.29) is 18.1 Å². The van der Waals surface area contributed by atoms with Crippen LogP contribution in [-0.2, 0) is 17.7 Å². The van der Waals surface area contributed by atoms with E-state index in [9.17, 15) is 9.59 Å². The van der Waals surface area contributed by atoms with Gasteiger partial charge < -0.3 is 9.64 Å². The molecule has 0 atom stereocenters. The van der Waals surface area contributed by atoms with Crippen LogP contribution in [0.4, 0.5) is 4.79 Å². The third kappa shape index (κ3) is 5.20. The number of hydrogen-bond donors (Lipinski definition) is 0. The smallest absolute Gasteiger partial charge is 0.410 e. The predicted molar refractivity (Wildman–Crippen MR) is 138 cm³/mol. The summed E-state index contributed by atoms with van der Waals surface area (Å²) in [7, 11) is 0. The Morgan fingerprint density at radius 3 is 2.06 bits per heavy atom. The fraction of sp³-hybridized carbons (Fsp3) is 0.346. The molecule has 0 spiro atoms. The van der Waals surface area contributed by atoms with Gasteiger partial charge >= 0.3 is 6.09 Å². The van der Waals surface area contributed by atoms with Gasteiger partial charge in [0.2, 0.25) is 3.79 Å². The molecule has 0 saturated heterocycles. The molecule has 3 aromatic rings. The van der Waals surface area contributed by atoms with Crippen molar-refractivity contribution in [3.05, 3.63) is 99.2 Å². The van der Waals surface area contributed by atoms with Crippen LogP contribution in [0.5, 0.6) is 0 Å². The van der Waals surface area contributed by atoms with Crippen LogP contribution < -0.4 is 5.56 Å². The molecule has 0 bridgehead atoms.